The normalized spacial score (nSPS) is 13.0. The molecular formula is C59H40N4O. The van der Waals surface area contributed by atoms with Crippen LogP contribution in [0.15, 0.2) is 211 Å². The van der Waals surface area contributed by atoms with Gasteiger partial charge in [-0.25, -0.2) is 9.97 Å². The smallest absolute Gasteiger partial charge is 0.160 e. The van der Waals surface area contributed by atoms with Crippen LogP contribution in [0, 0.1) is 0 Å². The van der Waals surface area contributed by atoms with Crippen molar-refractivity contribution in [2.24, 2.45) is 0 Å². The lowest BCUT2D eigenvalue weighted by atomic mass is 9.74. The minimum Gasteiger partial charge on any atom is -0.454 e. The maximum absolute atomic E-state index is 6.75. The van der Waals surface area contributed by atoms with Crippen LogP contribution in [-0.4, -0.2) is 14.5 Å². The van der Waals surface area contributed by atoms with Gasteiger partial charge in [-0.15, -0.1) is 0 Å². The summed E-state index contributed by atoms with van der Waals surface area (Å²) in [5, 5.41) is 7.12. The van der Waals surface area contributed by atoms with E-state index in [1.54, 1.807) is 0 Å². The van der Waals surface area contributed by atoms with Crippen molar-refractivity contribution < 1.29 is 4.42 Å². The van der Waals surface area contributed by atoms with E-state index in [0.717, 1.165) is 67.1 Å². The molecule has 0 saturated heterocycles. The lowest BCUT2D eigenvalue weighted by molar-refractivity contribution is 0.630. The van der Waals surface area contributed by atoms with E-state index in [2.05, 4.69) is 199 Å². The monoisotopic (exact) mass is 820 g/mol. The maximum atomic E-state index is 6.75. The van der Waals surface area contributed by atoms with E-state index >= 15 is 0 Å². The zero-order valence-corrected chi connectivity index (χ0v) is 35.3. The van der Waals surface area contributed by atoms with Gasteiger partial charge < -0.3 is 13.9 Å². The van der Waals surface area contributed by atoms with Crippen LogP contribution in [0.4, 0.5) is 17.1 Å². The Morgan fingerprint density at radius 3 is 1.95 bits per heavy atom. The average Bonchev–Trinajstić information content (AvgIpc) is 3.91. The van der Waals surface area contributed by atoms with E-state index in [-0.39, 0.29) is 0 Å². The highest BCUT2D eigenvalue weighted by atomic mass is 16.3. The molecule has 0 aliphatic carbocycles. The molecule has 0 radical (unpaired) electrons. The molecule has 0 spiro atoms. The molecule has 0 atom stereocenters. The number of para-hydroxylation sites is 3. The van der Waals surface area contributed by atoms with E-state index in [0.29, 0.717) is 5.82 Å². The summed E-state index contributed by atoms with van der Waals surface area (Å²) in [6.45, 7) is 4.76. The molecule has 0 unspecified atom stereocenters. The van der Waals surface area contributed by atoms with Gasteiger partial charge in [0.25, 0.3) is 0 Å². The molecule has 9 aromatic carbocycles. The van der Waals surface area contributed by atoms with Crippen molar-refractivity contribution in [1.82, 2.24) is 14.5 Å². The first-order valence-electron chi connectivity index (χ1n) is 21.9. The zero-order valence-electron chi connectivity index (χ0n) is 35.3. The molecule has 5 nitrogen and oxygen atoms in total. The van der Waals surface area contributed by atoms with Gasteiger partial charge >= 0.3 is 0 Å². The van der Waals surface area contributed by atoms with E-state index in [1.165, 1.54) is 49.4 Å². The molecule has 302 valence electrons. The molecule has 12 aromatic rings. The second-order valence-corrected chi connectivity index (χ2v) is 17.4. The van der Waals surface area contributed by atoms with E-state index in [9.17, 15) is 0 Å². The van der Waals surface area contributed by atoms with E-state index in [4.69, 9.17) is 14.4 Å². The molecule has 3 aromatic heterocycles. The summed E-state index contributed by atoms with van der Waals surface area (Å²) in [6, 6.07) is 73.5. The Kier molecular flexibility index (Phi) is 7.88. The van der Waals surface area contributed by atoms with Crippen molar-refractivity contribution in [3.63, 3.8) is 0 Å². The van der Waals surface area contributed by atoms with Gasteiger partial charge in [0.1, 0.15) is 5.58 Å². The van der Waals surface area contributed by atoms with E-state index in [1.807, 2.05) is 30.3 Å². The highest BCUT2D eigenvalue weighted by molar-refractivity contribution is 6.23. The number of hydrogen-bond donors (Lipinski definition) is 0. The fraction of sp³-hybridized carbons (Fsp3) is 0.0508. The Hall–Kier alpha value is -8.28. The SMILES string of the molecule is CC1(C)c2cc(-c3cc(-c4ccccc4)nc(-c4ccccc4)n3)ccc2-n2c3ccc4ccccc4c3c3cc(N(c4ccccc4)c4cccc5c4oc4ccccc45)cc1c32. The van der Waals surface area contributed by atoms with Crippen molar-refractivity contribution in [3.8, 4) is 39.6 Å². The molecule has 0 saturated carbocycles. The molecule has 0 bridgehead atoms. The Morgan fingerprint density at radius 2 is 1.16 bits per heavy atom. The minimum atomic E-state index is -0.426. The third-order valence-electron chi connectivity index (χ3n) is 13.3. The minimum absolute atomic E-state index is 0.426. The Morgan fingerprint density at radius 1 is 0.484 bits per heavy atom. The highest BCUT2D eigenvalue weighted by Crippen LogP contribution is 2.52. The van der Waals surface area contributed by atoms with Crippen molar-refractivity contribution in [2.45, 2.75) is 19.3 Å². The van der Waals surface area contributed by atoms with Crippen LogP contribution in [0.2, 0.25) is 0 Å². The van der Waals surface area contributed by atoms with Gasteiger partial charge in [-0.3, -0.25) is 0 Å². The fourth-order valence-electron chi connectivity index (χ4n) is 10.3. The number of rotatable bonds is 6. The van der Waals surface area contributed by atoms with Crippen LogP contribution in [-0.2, 0) is 5.41 Å². The Balaban J connectivity index is 1.09. The molecular weight excluding hydrogens is 781 g/mol. The van der Waals surface area contributed by atoms with Crippen LogP contribution in [0.5, 0.6) is 0 Å². The Labute approximate surface area is 370 Å². The third kappa shape index (κ3) is 5.44. The van der Waals surface area contributed by atoms with Crippen molar-refractivity contribution in [2.75, 3.05) is 4.90 Å². The number of benzene rings is 9. The molecule has 0 fully saturated rings. The summed E-state index contributed by atoms with van der Waals surface area (Å²) in [5.41, 5.74) is 15.3. The van der Waals surface area contributed by atoms with Crippen molar-refractivity contribution in [1.29, 1.82) is 0 Å². The summed E-state index contributed by atoms with van der Waals surface area (Å²) < 4.78 is 9.27. The molecule has 4 heterocycles. The van der Waals surface area contributed by atoms with Crippen LogP contribution in [0.3, 0.4) is 0 Å². The summed E-state index contributed by atoms with van der Waals surface area (Å²) >= 11 is 0. The lowest BCUT2D eigenvalue weighted by Crippen LogP contribution is -2.27. The molecule has 5 heteroatoms. The number of hydrogen-bond acceptors (Lipinski definition) is 4. The van der Waals surface area contributed by atoms with Gasteiger partial charge in [0.2, 0.25) is 0 Å². The van der Waals surface area contributed by atoms with Crippen LogP contribution < -0.4 is 4.90 Å². The van der Waals surface area contributed by atoms with Gasteiger partial charge in [-0.2, -0.15) is 0 Å². The molecule has 0 amide bonds. The largest absolute Gasteiger partial charge is 0.454 e. The number of furan rings is 1. The topological polar surface area (TPSA) is 47.1 Å². The second-order valence-electron chi connectivity index (χ2n) is 17.4. The molecule has 64 heavy (non-hydrogen) atoms. The first-order chi connectivity index (χ1) is 31.5. The first kappa shape index (κ1) is 36.4. The number of anilines is 3. The average molecular weight is 821 g/mol. The van der Waals surface area contributed by atoms with Gasteiger partial charge in [0.15, 0.2) is 11.4 Å². The summed E-state index contributed by atoms with van der Waals surface area (Å²) in [5.74, 6) is 0.703. The standard InChI is InChI=1S/C59H40N4O/c1-59(2)47-33-40(50-36-49(38-18-6-3-7-19-38)60-58(61-50)39-20-8-4-9-21-39)30-31-51(47)63-52-32-29-37-17-12-13-24-43(37)55(52)46-34-42(35-48(59)56(46)63)62(41-22-10-5-11-23-41)53-27-16-26-45-44-25-14-15-28-54(44)64-57(45)53/h3-36H,1-2H3. The van der Waals surface area contributed by atoms with Crippen LogP contribution in [0.25, 0.3) is 94.1 Å². The van der Waals surface area contributed by atoms with Gasteiger partial charge in [0, 0.05) is 55.0 Å². The summed E-state index contributed by atoms with van der Waals surface area (Å²) in [7, 11) is 0. The van der Waals surface area contributed by atoms with Gasteiger partial charge in [-0.1, -0.05) is 159 Å². The summed E-state index contributed by atoms with van der Waals surface area (Å²) in [4.78, 5) is 12.8. The predicted molar refractivity (Wildman–Crippen MR) is 264 cm³/mol. The lowest BCUT2D eigenvalue weighted by Gasteiger charge is -2.36. The third-order valence-corrected chi connectivity index (χ3v) is 13.3. The number of aromatic nitrogens is 3. The van der Waals surface area contributed by atoms with Crippen molar-refractivity contribution in [3.05, 3.63) is 217 Å². The summed E-state index contributed by atoms with van der Waals surface area (Å²) in [6.07, 6.45) is 0. The zero-order chi connectivity index (χ0) is 42.5. The first-order valence-corrected chi connectivity index (χ1v) is 21.9. The van der Waals surface area contributed by atoms with E-state index < -0.39 is 5.41 Å². The van der Waals surface area contributed by atoms with Gasteiger partial charge in [-0.05, 0) is 82.6 Å². The van der Waals surface area contributed by atoms with Crippen molar-refractivity contribution >= 4 is 71.6 Å². The number of nitrogens with zero attached hydrogens (tertiary/aromatic N) is 4. The predicted octanol–water partition coefficient (Wildman–Crippen LogP) is 15.7. The molecule has 1 aliphatic heterocycles. The van der Waals surface area contributed by atoms with Gasteiger partial charge in [0.05, 0.1) is 33.8 Å². The molecule has 13 rings (SSSR count). The molecule has 0 N–H and O–H groups in total. The second kappa shape index (κ2) is 13.9. The van der Waals surface area contributed by atoms with Crippen LogP contribution >= 0.6 is 0 Å². The fourth-order valence-corrected chi connectivity index (χ4v) is 10.3. The highest BCUT2D eigenvalue weighted by Gasteiger charge is 2.37. The van der Waals surface area contributed by atoms with Crippen LogP contribution in [0.1, 0.15) is 25.0 Å². The Bertz CT molecular complexity index is 3750. The number of fused-ring (bicyclic) bond motifs is 10. The maximum Gasteiger partial charge on any atom is 0.160 e. The molecule has 1 aliphatic rings. The quantitative estimate of drug-likeness (QED) is 0.168.